The molecule has 2 aromatic carbocycles. The van der Waals surface area contributed by atoms with Crippen LogP contribution in [0.5, 0.6) is 0 Å². The van der Waals surface area contributed by atoms with E-state index in [1.165, 1.54) is 0 Å². The first-order chi connectivity index (χ1) is 13.9. The highest BCUT2D eigenvalue weighted by molar-refractivity contribution is 5.99. The lowest BCUT2D eigenvalue weighted by Crippen LogP contribution is -2.31. The van der Waals surface area contributed by atoms with Crippen molar-refractivity contribution in [3.63, 3.8) is 0 Å². The van der Waals surface area contributed by atoms with Crippen LogP contribution in [0.15, 0.2) is 54.6 Å². The van der Waals surface area contributed by atoms with Gasteiger partial charge in [-0.1, -0.05) is 36.4 Å². The van der Waals surface area contributed by atoms with Gasteiger partial charge in [-0.15, -0.1) is 0 Å². The van der Waals surface area contributed by atoms with Gasteiger partial charge in [-0.05, 0) is 44.0 Å². The first-order valence-corrected chi connectivity index (χ1v) is 9.90. The van der Waals surface area contributed by atoms with E-state index in [1.54, 1.807) is 36.9 Å². The molecule has 2 aromatic rings. The lowest BCUT2D eigenvalue weighted by Gasteiger charge is -2.20. The Kier molecular flexibility index (Phi) is 6.65. The summed E-state index contributed by atoms with van der Waals surface area (Å²) in [5.74, 6) is -0.601. The molecular formula is C23H26N2O4. The van der Waals surface area contributed by atoms with E-state index in [2.05, 4.69) is 5.32 Å². The maximum atomic E-state index is 12.9. The van der Waals surface area contributed by atoms with Crippen molar-refractivity contribution < 1.29 is 19.1 Å². The van der Waals surface area contributed by atoms with Gasteiger partial charge in [0.1, 0.15) is 0 Å². The van der Waals surface area contributed by atoms with E-state index in [-0.39, 0.29) is 30.3 Å². The van der Waals surface area contributed by atoms with Crippen molar-refractivity contribution in [2.75, 3.05) is 11.4 Å². The number of benzene rings is 2. The van der Waals surface area contributed by atoms with Gasteiger partial charge in [0.2, 0.25) is 5.91 Å². The third kappa shape index (κ3) is 5.44. The fraction of sp³-hybridized carbons (Fsp3) is 0.348. The molecule has 3 rings (SSSR count). The van der Waals surface area contributed by atoms with Gasteiger partial charge in [-0.3, -0.25) is 14.4 Å². The topological polar surface area (TPSA) is 75.7 Å². The molecule has 1 saturated heterocycles. The number of nitrogens with zero attached hydrogens (tertiary/aromatic N) is 1. The summed E-state index contributed by atoms with van der Waals surface area (Å²) in [7, 11) is 0. The quantitative estimate of drug-likeness (QED) is 0.728. The molecular weight excluding hydrogens is 368 g/mol. The zero-order chi connectivity index (χ0) is 20.8. The summed E-state index contributed by atoms with van der Waals surface area (Å²) in [5.41, 5.74) is 1.99. The van der Waals surface area contributed by atoms with Crippen molar-refractivity contribution in [2.24, 2.45) is 0 Å². The Balaban J connectivity index is 1.77. The smallest absolute Gasteiger partial charge is 0.308 e. The average molecular weight is 394 g/mol. The van der Waals surface area contributed by atoms with Crippen LogP contribution >= 0.6 is 0 Å². The number of ether oxygens (including phenoxy) is 1. The van der Waals surface area contributed by atoms with Gasteiger partial charge in [0.25, 0.3) is 5.91 Å². The molecule has 152 valence electrons. The van der Waals surface area contributed by atoms with Gasteiger partial charge in [-0.25, -0.2) is 0 Å². The van der Waals surface area contributed by atoms with Crippen LogP contribution < -0.4 is 10.2 Å². The summed E-state index contributed by atoms with van der Waals surface area (Å²) in [5, 5.41) is 2.94. The number of carbonyl (C=O) groups excluding carboxylic acids is 3. The van der Waals surface area contributed by atoms with Crippen molar-refractivity contribution >= 4 is 23.5 Å². The second kappa shape index (κ2) is 9.37. The predicted molar refractivity (Wildman–Crippen MR) is 111 cm³/mol. The fourth-order valence-electron chi connectivity index (χ4n) is 3.39. The Hall–Kier alpha value is -3.15. The second-order valence-electron chi connectivity index (χ2n) is 7.38. The zero-order valence-corrected chi connectivity index (χ0v) is 16.8. The normalized spacial score (nSPS) is 14.7. The molecule has 0 spiro atoms. The van der Waals surface area contributed by atoms with Gasteiger partial charge in [0.05, 0.1) is 18.6 Å². The molecule has 6 heteroatoms. The van der Waals surface area contributed by atoms with Crippen molar-refractivity contribution in [1.82, 2.24) is 5.32 Å². The maximum Gasteiger partial charge on any atom is 0.308 e. The van der Waals surface area contributed by atoms with Gasteiger partial charge in [-0.2, -0.15) is 0 Å². The van der Waals surface area contributed by atoms with Crippen LogP contribution in [0, 0.1) is 0 Å². The minimum absolute atomic E-state index is 0.0399. The van der Waals surface area contributed by atoms with Crippen LogP contribution in [0.2, 0.25) is 0 Å². The molecule has 1 aliphatic heterocycles. The van der Waals surface area contributed by atoms with Gasteiger partial charge in [0.15, 0.2) is 0 Å². The Morgan fingerprint density at radius 3 is 2.52 bits per heavy atom. The molecule has 6 nitrogen and oxygen atoms in total. The molecule has 29 heavy (non-hydrogen) atoms. The summed E-state index contributed by atoms with van der Waals surface area (Å²) in [6.45, 7) is 4.25. The minimum Gasteiger partial charge on any atom is -0.463 e. The van der Waals surface area contributed by atoms with Crippen LogP contribution in [0.3, 0.4) is 0 Å². The van der Waals surface area contributed by atoms with E-state index < -0.39 is 6.04 Å². The third-order valence-corrected chi connectivity index (χ3v) is 4.74. The number of esters is 1. The highest BCUT2D eigenvalue weighted by Gasteiger charge is 2.24. The Labute approximate surface area is 170 Å². The van der Waals surface area contributed by atoms with Gasteiger partial charge >= 0.3 is 5.97 Å². The van der Waals surface area contributed by atoms with E-state index in [4.69, 9.17) is 4.74 Å². The van der Waals surface area contributed by atoms with Crippen LogP contribution in [-0.2, 0) is 14.3 Å². The monoisotopic (exact) mass is 394 g/mol. The first-order valence-electron chi connectivity index (χ1n) is 9.90. The van der Waals surface area contributed by atoms with Gasteiger partial charge < -0.3 is 15.0 Å². The lowest BCUT2D eigenvalue weighted by molar-refractivity contribution is -0.148. The highest BCUT2D eigenvalue weighted by atomic mass is 16.5. The number of anilines is 1. The van der Waals surface area contributed by atoms with E-state index in [0.717, 1.165) is 17.7 Å². The summed E-state index contributed by atoms with van der Waals surface area (Å²) >= 11 is 0. The number of amides is 2. The molecule has 1 fully saturated rings. The highest BCUT2D eigenvalue weighted by Crippen LogP contribution is 2.23. The Morgan fingerprint density at radius 2 is 1.86 bits per heavy atom. The van der Waals surface area contributed by atoms with Crippen molar-refractivity contribution in [1.29, 1.82) is 0 Å². The van der Waals surface area contributed by atoms with Crippen molar-refractivity contribution in [3.8, 4) is 0 Å². The van der Waals surface area contributed by atoms with Crippen LogP contribution in [-0.4, -0.2) is 30.4 Å². The predicted octanol–water partition coefficient (Wildman–Crippen LogP) is 3.63. The van der Waals surface area contributed by atoms with Gasteiger partial charge in [0, 0.05) is 24.2 Å². The molecule has 0 saturated carbocycles. The molecule has 0 bridgehead atoms. The fourth-order valence-corrected chi connectivity index (χ4v) is 3.39. The molecule has 0 radical (unpaired) electrons. The number of carbonyl (C=O) groups is 3. The lowest BCUT2D eigenvalue weighted by atomic mass is 10.0. The SMILES string of the molecule is CC(C)OC(=O)CC(NC(=O)c1cccc(N2CCCC2=O)c1)c1ccccc1. The van der Waals surface area contributed by atoms with E-state index in [1.807, 2.05) is 36.4 Å². The number of hydrogen-bond acceptors (Lipinski definition) is 4. The average Bonchev–Trinajstić information content (AvgIpc) is 3.13. The Morgan fingerprint density at radius 1 is 1.10 bits per heavy atom. The standard InChI is InChI=1S/C23H26N2O4/c1-16(2)29-22(27)15-20(17-8-4-3-5-9-17)24-23(28)18-10-6-11-19(14-18)25-13-7-12-21(25)26/h3-6,8-11,14,16,20H,7,12-13,15H2,1-2H3,(H,24,28). The molecule has 1 unspecified atom stereocenters. The van der Waals surface area contributed by atoms with E-state index >= 15 is 0 Å². The number of nitrogens with one attached hydrogen (secondary N) is 1. The number of hydrogen-bond donors (Lipinski definition) is 1. The van der Waals surface area contributed by atoms with Crippen LogP contribution in [0.1, 0.15) is 55.1 Å². The Bertz CT molecular complexity index is 879. The number of rotatable bonds is 7. The maximum absolute atomic E-state index is 12.9. The molecule has 1 aliphatic rings. The van der Waals surface area contributed by atoms with Crippen LogP contribution in [0.25, 0.3) is 0 Å². The largest absolute Gasteiger partial charge is 0.463 e. The molecule has 0 aliphatic carbocycles. The van der Waals surface area contributed by atoms with Crippen molar-refractivity contribution in [3.05, 3.63) is 65.7 Å². The molecule has 1 N–H and O–H groups in total. The minimum atomic E-state index is -0.507. The summed E-state index contributed by atoms with van der Waals surface area (Å²) in [6, 6.07) is 15.8. The summed E-state index contributed by atoms with van der Waals surface area (Å²) in [6.07, 6.45) is 1.18. The van der Waals surface area contributed by atoms with E-state index in [0.29, 0.717) is 18.5 Å². The molecule has 1 atom stereocenters. The van der Waals surface area contributed by atoms with E-state index in [9.17, 15) is 14.4 Å². The molecule has 1 heterocycles. The first kappa shape index (κ1) is 20.6. The second-order valence-corrected chi connectivity index (χ2v) is 7.38. The van der Waals surface area contributed by atoms with Crippen LogP contribution in [0.4, 0.5) is 5.69 Å². The zero-order valence-electron chi connectivity index (χ0n) is 16.8. The van der Waals surface area contributed by atoms with Crippen molar-refractivity contribution in [2.45, 2.75) is 45.3 Å². The summed E-state index contributed by atoms with van der Waals surface area (Å²) < 4.78 is 5.25. The third-order valence-electron chi connectivity index (χ3n) is 4.74. The summed E-state index contributed by atoms with van der Waals surface area (Å²) in [4.78, 5) is 38.8. The molecule has 0 aromatic heterocycles. The molecule has 2 amide bonds.